The molecule has 0 aliphatic carbocycles. The average Bonchev–Trinajstić information content (AvgIpc) is 2.28. The highest BCUT2D eigenvalue weighted by Gasteiger charge is 1.97. The zero-order chi connectivity index (χ0) is 11.4. The quantitative estimate of drug-likeness (QED) is 0.756. The molecule has 0 aliphatic heterocycles. The maximum atomic E-state index is 10.3. The highest BCUT2D eigenvalue weighted by Crippen LogP contribution is 2.23. The fourth-order valence-electron chi connectivity index (χ4n) is 1.51. The molecule has 82 valence electrons. The Bertz CT molecular complexity index is 508. The van der Waals surface area contributed by atoms with Gasteiger partial charge in [0.15, 0.2) is 0 Å². The van der Waals surface area contributed by atoms with Crippen LogP contribution in [0.3, 0.4) is 0 Å². The van der Waals surface area contributed by atoms with Gasteiger partial charge in [-0.1, -0.05) is 30.3 Å². The number of aliphatic carboxylic acids is 1. The lowest BCUT2D eigenvalue weighted by Crippen LogP contribution is -2.22. The summed E-state index contributed by atoms with van der Waals surface area (Å²) in [5, 5.41) is 12.7. The molecule has 2 aromatic carbocycles. The third kappa shape index (κ3) is 2.76. The van der Waals surface area contributed by atoms with Gasteiger partial charge in [0.2, 0.25) is 0 Å². The lowest BCUT2D eigenvalue weighted by Gasteiger charge is -2.04. The smallest absolute Gasteiger partial charge is 0.0422 e. The lowest BCUT2D eigenvalue weighted by atomic mass is 10.1. The topological polar surface area (TPSA) is 40.1 Å². The van der Waals surface area contributed by atoms with Gasteiger partial charge in [0.05, 0.1) is 0 Å². The Morgan fingerprint density at radius 1 is 1.12 bits per heavy atom. The minimum absolute atomic E-state index is 0.0947. The summed E-state index contributed by atoms with van der Waals surface area (Å²) in [5.41, 5.74) is 0. The molecule has 0 fully saturated rings. The second-order valence-corrected chi connectivity index (χ2v) is 4.65. The van der Waals surface area contributed by atoms with E-state index in [0.717, 1.165) is 4.90 Å². The molecule has 3 heteroatoms. The van der Waals surface area contributed by atoms with Crippen molar-refractivity contribution in [1.29, 1.82) is 0 Å². The average molecular weight is 231 g/mol. The number of carboxylic acid groups (broad SMARTS) is 1. The van der Waals surface area contributed by atoms with Crippen LogP contribution in [0.25, 0.3) is 10.8 Å². The molecule has 0 aromatic heterocycles. The van der Waals surface area contributed by atoms with Crippen molar-refractivity contribution in [2.45, 2.75) is 11.3 Å². The van der Waals surface area contributed by atoms with E-state index in [9.17, 15) is 9.90 Å². The monoisotopic (exact) mass is 231 g/mol. The molecule has 0 bridgehead atoms. The van der Waals surface area contributed by atoms with E-state index in [1.165, 1.54) is 10.8 Å². The molecule has 2 aromatic rings. The Kier molecular flexibility index (Phi) is 3.47. The first-order valence-corrected chi connectivity index (χ1v) is 6.06. The van der Waals surface area contributed by atoms with Crippen LogP contribution in [0.1, 0.15) is 6.42 Å². The Balaban J connectivity index is 2.10. The van der Waals surface area contributed by atoms with Crippen molar-refractivity contribution in [2.75, 3.05) is 5.75 Å². The Hall–Kier alpha value is -1.48. The summed E-state index contributed by atoms with van der Waals surface area (Å²) in [6.45, 7) is 0. The molecule has 0 aliphatic rings. The number of hydrogen-bond acceptors (Lipinski definition) is 3. The molecule has 0 radical (unpaired) electrons. The van der Waals surface area contributed by atoms with Gasteiger partial charge in [-0.05, 0) is 29.3 Å². The van der Waals surface area contributed by atoms with E-state index < -0.39 is 5.97 Å². The summed E-state index contributed by atoms with van der Waals surface area (Å²) in [6, 6.07) is 14.3. The van der Waals surface area contributed by atoms with Crippen LogP contribution in [0.15, 0.2) is 47.4 Å². The number of carboxylic acids is 1. The van der Waals surface area contributed by atoms with Gasteiger partial charge in [0.25, 0.3) is 0 Å². The molecule has 0 heterocycles. The van der Waals surface area contributed by atoms with Gasteiger partial charge in [-0.2, -0.15) is 0 Å². The van der Waals surface area contributed by atoms with Crippen molar-refractivity contribution in [3.8, 4) is 0 Å². The maximum absolute atomic E-state index is 10.3. The molecule has 2 nitrogen and oxygen atoms in total. The molecule has 0 N–H and O–H groups in total. The highest BCUT2D eigenvalue weighted by molar-refractivity contribution is 7.99. The first-order valence-electron chi connectivity index (χ1n) is 5.07. The molecule has 0 atom stereocenters. The molecule has 0 unspecified atom stereocenters. The third-order valence-corrected chi connectivity index (χ3v) is 3.29. The van der Waals surface area contributed by atoms with Crippen molar-refractivity contribution in [2.24, 2.45) is 0 Å². The van der Waals surface area contributed by atoms with Crippen LogP contribution in [0, 0.1) is 0 Å². The number of carbonyl (C=O) groups is 1. The van der Waals surface area contributed by atoms with Gasteiger partial charge >= 0.3 is 0 Å². The van der Waals surface area contributed by atoms with Crippen LogP contribution in [0.2, 0.25) is 0 Å². The van der Waals surface area contributed by atoms with E-state index >= 15 is 0 Å². The van der Waals surface area contributed by atoms with Gasteiger partial charge in [0.1, 0.15) is 0 Å². The van der Waals surface area contributed by atoms with Crippen LogP contribution in [-0.2, 0) is 4.79 Å². The van der Waals surface area contributed by atoms with Crippen LogP contribution < -0.4 is 5.11 Å². The predicted octanol–water partition coefficient (Wildman–Crippen LogP) is 2.07. The zero-order valence-electron chi connectivity index (χ0n) is 8.68. The summed E-state index contributed by atoms with van der Waals surface area (Å²) >= 11 is 1.54. The molecule has 0 spiro atoms. The third-order valence-electron chi connectivity index (χ3n) is 2.30. The van der Waals surface area contributed by atoms with Crippen LogP contribution in [0.5, 0.6) is 0 Å². The van der Waals surface area contributed by atoms with Crippen LogP contribution >= 0.6 is 11.8 Å². The fourth-order valence-corrected chi connectivity index (χ4v) is 2.39. The van der Waals surface area contributed by atoms with E-state index in [4.69, 9.17) is 0 Å². The molecule has 2 rings (SSSR count). The fraction of sp³-hybridized carbons (Fsp3) is 0.154. The summed E-state index contributed by atoms with van der Waals surface area (Å²) in [7, 11) is 0. The summed E-state index contributed by atoms with van der Waals surface area (Å²) in [6.07, 6.45) is 0.0947. The van der Waals surface area contributed by atoms with Gasteiger partial charge in [-0.15, -0.1) is 11.8 Å². The summed E-state index contributed by atoms with van der Waals surface area (Å²) in [4.78, 5) is 11.4. The Morgan fingerprint density at radius 3 is 2.62 bits per heavy atom. The summed E-state index contributed by atoms with van der Waals surface area (Å²) < 4.78 is 0. The van der Waals surface area contributed by atoms with Crippen molar-refractivity contribution >= 4 is 28.5 Å². The number of fused-ring (bicyclic) bond motifs is 1. The Labute approximate surface area is 98.3 Å². The summed E-state index contributed by atoms with van der Waals surface area (Å²) in [5.74, 6) is -0.436. The highest BCUT2D eigenvalue weighted by atomic mass is 32.2. The number of carbonyl (C=O) groups excluding carboxylic acids is 1. The standard InChI is InChI=1S/C13H12O2S/c14-13(15)7-8-16-12-6-5-10-3-1-2-4-11(10)9-12/h1-6,9H,7-8H2,(H,14,15)/p-1. The van der Waals surface area contributed by atoms with Gasteiger partial charge < -0.3 is 9.90 Å². The van der Waals surface area contributed by atoms with Gasteiger partial charge in [-0.3, -0.25) is 0 Å². The first-order chi connectivity index (χ1) is 7.75. The van der Waals surface area contributed by atoms with E-state index in [-0.39, 0.29) is 6.42 Å². The van der Waals surface area contributed by atoms with Crippen LogP contribution in [0.4, 0.5) is 0 Å². The first kappa shape index (κ1) is 11.0. The number of thioether (sulfide) groups is 1. The van der Waals surface area contributed by atoms with E-state index in [1.807, 2.05) is 18.2 Å². The molecular formula is C13H11O2S-. The minimum atomic E-state index is -0.992. The van der Waals surface area contributed by atoms with Gasteiger partial charge in [0, 0.05) is 16.6 Å². The SMILES string of the molecule is O=C([O-])CCSc1ccc2ccccc2c1. The minimum Gasteiger partial charge on any atom is -0.550 e. The van der Waals surface area contributed by atoms with Crippen molar-refractivity contribution in [1.82, 2.24) is 0 Å². The number of hydrogen-bond donors (Lipinski definition) is 0. The van der Waals surface area contributed by atoms with Gasteiger partial charge in [-0.25, -0.2) is 0 Å². The molecular weight excluding hydrogens is 220 g/mol. The zero-order valence-corrected chi connectivity index (χ0v) is 9.50. The van der Waals surface area contributed by atoms with Crippen molar-refractivity contribution in [3.05, 3.63) is 42.5 Å². The molecule has 16 heavy (non-hydrogen) atoms. The second kappa shape index (κ2) is 5.03. The maximum Gasteiger partial charge on any atom is 0.0422 e. The van der Waals surface area contributed by atoms with Crippen LogP contribution in [-0.4, -0.2) is 11.7 Å². The Morgan fingerprint density at radius 2 is 1.88 bits per heavy atom. The molecule has 0 saturated carbocycles. The van der Waals surface area contributed by atoms with E-state index in [2.05, 4.69) is 24.3 Å². The second-order valence-electron chi connectivity index (χ2n) is 3.48. The lowest BCUT2D eigenvalue weighted by molar-refractivity contribution is -0.305. The molecule has 0 amide bonds. The van der Waals surface area contributed by atoms with Crippen molar-refractivity contribution < 1.29 is 9.90 Å². The number of benzene rings is 2. The predicted molar refractivity (Wildman–Crippen MR) is 64.3 cm³/mol. The van der Waals surface area contributed by atoms with Crippen molar-refractivity contribution in [3.63, 3.8) is 0 Å². The van der Waals surface area contributed by atoms with E-state index in [0.29, 0.717) is 5.75 Å². The molecule has 0 saturated heterocycles. The number of rotatable bonds is 4. The largest absolute Gasteiger partial charge is 0.550 e. The van der Waals surface area contributed by atoms with E-state index in [1.54, 1.807) is 11.8 Å². The normalized spacial score (nSPS) is 10.5.